The highest BCUT2D eigenvalue weighted by atomic mass is 79.9. The van der Waals surface area contributed by atoms with Gasteiger partial charge in [0.15, 0.2) is 5.65 Å². The highest BCUT2D eigenvalue weighted by Crippen LogP contribution is 2.24. The summed E-state index contributed by atoms with van der Waals surface area (Å²) in [5.41, 5.74) is 1.06. The summed E-state index contributed by atoms with van der Waals surface area (Å²) in [6.45, 7) is 3.67. The average molecular weight is 341 g/mol. The van der Waals surface area contributed by atoms with Gasteiger partial charge in [0.05, 0.1) is 24.2 Å². The predicted octanol–water partition coefficient (Wildman–Crippen LogP) is 1.12. The number of rotatable bonds is 4. The first-order valence-corrected chi connectivity index (χ1v) is 7.40. The first-order valence-electron chi connectivity index (χ1n) is 6.61. The van der Waals surface area contributed by atoms with E-state index in [1.165, 1.54) is 0 Å². The molecular formula is C13H17BrN4O2. The Hall–Kier alpha value is -1.02. The second-order valence-corrected chi connectivity index (χ2v) is 5.97. The zero-order valence-corrected chi connectivity index (χ0v) is 12.8. The van der Waals surface area contributed by atoms with Crippen molar-refractivity contribution in [3.8, 4) is 0 Å². The lowest BCUT2D eigenvalue weighted by molar-refractivity contribution is -0.0263. The van der Waals surface area contributed by atoms with Crippen molar-refractivity contribution in [2.24, 2.45) is 0 Å². The van der Waals surface area contributed by atoms with Crippen LogP contribution in [0.2, 0.25) is 0 Å². The Balaban J connectivity index is 1.67. The number of imidazole rings is 1. The van der Waals surface area contributed by atoms with Crippen molar-refractivity contribution in [3.05, 3.63) is 28.9 Å². The van der Waals surface area contributed by atoms with Gasteiger partial charge in [-0.2, -0.15) is 0 Å². The second kappa shape index (κ2) is 5.40. The fourth-order valence-electron chi connectivity index (χ4n) is 2.46. The summed E-state index contributed by atoms with van der Waals surface area (Å²) in [6, 6.07) is 0. The van der Waals surface area contributed by atoms with E-state index in [1.807, 2.05) is 23.7 Å². The molecule has 2 N–H and O–H groups in total. The zero-order valence-electron chi connectivity index (χ0n) is 11.2. The van der Waals surface area contributed by atoms with Crippen LogP contribution in [0.5, 0.6) is 0 Å². The molecule has 20 heavy (non-hydrogen) atoms. The fourth-order valence-corrected chi connectivity index (χ4v) is 2.76. The molecule has 6 nitrogen and oxygen atoms in total. The molecule has 108 valence electrons. The minimum Gasteiger partial charge on any atom is -0.386 e. The van der Waals surface area contributed by atoms with Crippen molar-refractivity contribution >= 4 is 21.6 Å². The minimum absolute atomic E-state index is 0.129. The number of fused-ring (bicyclic) bond motifs is 1. The summed E-state index contributed by atoms with van der Waals surface area (Å²) in [4.78, 5) is 8.44. The average Bonchev–Trinajstić information content (AvgIpc) is 2.95. The normalized spacial score (nSPS) is 26.4. The molecule has 1 aliphatic heterocycles. The Bertz CT molecular complexity index is 617. The maximum Gasteiger partial charge on any atom is 0.155 e. The monoisotopic (exact) mass is 340 g/mol. The number of nitrogens with zero attached hydrogens (tertiary/aromatic N) is 3. The summed E-state index contributed by atoms with van der Waals surface area (Å²) in [6.07, 6.45) is 5.96. The van der Waals surface area contributed by atoms with E-state index in [0.717, 1.165) is 15.9 Å². The number of hydrogen-bond donors (Lipinski definition) is 2. The van der Waals surface area contributed by atoms with Crippen LogP contribution in [0.4, 0.5) is 0 Å². The lowest BCUT2D eigenvalue weighted by Crippen LogP contribution is -2.45. The van der Waals surface area contributed by atoms with Gasteiger partial charge < -0.3 is 15.2 Å². The molecule has 1 fully saturated rings. The molecule has 0 radical (unpaired) electrons. The molecular weight excluding hydrogens is 324 g/mol. The van der Waals surface area contributed by atoms with Gasteiger partial charge in [-0.3, -0.25) is 4.40 Å². The van der Waals surface area contributed by atoms with Gasteiger partial charge >= 0.3 is 0 Å². The van der Waals surface area contributed by atoms with Gasteiger partial charge in [-0.1, -0.05) is 0 Å². The summed E-state index contributed by atoms with van der Waals surface area (Å²) in [7, 11) is 0. The van der Waals surface area contributed by atoms with E-state index in [4.69, 9.17) is 4.74 Å². The highest BCUT2D eigenvalue weighted by Gasteiger charge is 2.38. The highest BCUT2D eigenvalue weighted by molar-refractivity contribution is 9.10. The van der Waals surface area contributed by atoms with E-state index >= 15 is 0 Å². The van der Waals surface area contributed by atoms with Gasteiger partial charge in [0.25, 0.3) is 0 Å². The van der Waals surface area contributed by atoms with Gasteiger partial charge in [0.2, 0.25) is 0 Å². The third-order valence-corrected chi connectivity index (χ3v) is 4.25. The Morgan fingerprint density at radius 1 is 1.55 bits per heavy atom. The molecule has 2 unspecified atom stereocenters. The molecule has 0 aromatic carbocycles. The SMILES string of the molecule is CC1OCCC1(O)CNCc1cnc2cnc(Br)cn12. The van der Waals surface area contributed by atoms with Crippen molar-refractivity contribution in [1.29, 1.82) is 0 Å². The maximum absolute atomic E-state index is 10.4. The molecule has 2 aromatic rings. The summed E-state index contributed by atoms with van der Waals surface area (Å²) < 4.78 is 8.16. The minimum atomic E-state index is -0.775. The molecule has 0 aliphatic carbocycles. The molecule has 0 saturated carbocycles. The first kappa shape index (κ1) is 13.9. The van der Waals surface area contributed by atoms with Crippen LogP contribution in [0.3, 0.4) is 0 Å². The van der Waals surface area contributed by atoms with Crippen molar-refractivity contribution in [1.82, 2.24) is 19.7 Å². The van der Waals surface area contributed by atoms with Gasteiger partial charge in [0, 0.05) is 32.3 Å². The van der Waals surface area contributed by atoms with E-state index in [1.54, 1.807) is 6.20 Å². The van der Waals surface area contributed by atoms with Crippen LogP contribution in [0, 0.1) is 0 Å². The smallest absolute Gasteiger partial charge is 0.155 e. The van der Waals surface area contributed by atoms with Crippen molar-refractivity contribution < 1.29 is 9.84 Å². The Morgan fingerprint density at radius 2 is 2.40 bits per heavy atom. The lowest BCUT2D eigenvalue weighted by atomic mass is 9.97. The van der Waals surface area contributed by atoms with Crippen LogP contribution in [0.1, 0.15) is 19.0 Å². The molecule has 1 aliphatic rings. The lowest BCUT2D eigenvalue weighted by Gasteiger charge is -2.26. The van der Waals surface area contributed by atoms with E-state index in [0.29, 0.717) is 26.1 Å². The van der Waals surface area contributed by atoms with Crippen molar-refractivity contribution in [2.45, 2.75) is 31.6 Å². The van der Waals surface area contributed by atoms with Gasteiger partial charge in [-0.05, 0) is 22.9 Å². The molecule has 1 saturated heterocycles. The van der Waals surface area contributed by atoms with Gasteiger partial charge in [0.1, 0.15) is 10.2 Å². The number of ether oxygens (including phenoxy) is 1. The Kier molecular flexibility index (Phi) is 3.76. The van der Waals surface area contributed by atoms with Crippen LogP contribution < -0.4 is 5.32 Å². The van der Waals surface area contributed by atoms with E-state index in [9.17, 15) is 5.11 Å². The third-order valence-electron chi connectivity index (χ3n) is 3.84. The number of nitrogens with one attached hydrogen (secondary N) is 1. The Morgan fingerprint density at radius 3 is 3.15 bits per heavy atom. The van der Waals surface area contributed by atoms with Crippen molar-refractivity contribution in [3.63, 3.8) is 0 Å². The molecule has 2 aromatic heterocycles. The molecule has 0 amide bonds. The van der Waals surface area contributed by atoms with Crippen LogP contribution in [0.15, 0.2) is 23.2 Å². The van der Waals surface area contributed by atoms with E-state index in [2.05, 4.69) is 31.2 Å². The largest absolute Gasteiger partial charge is 0.386 e. The maximum atomic E-state index is 10.4. The summed E-state index contributed by atoms with van der Waals surface area (Å²) >= 11 is 3.35. The number of aromatic nitrogens is 3. The first-order chi connectivity index (χ1) is 9.58. The Labute approximate surface area is 125 Å². The van der Waals surface area contributed by atoms with Crippen LogP contribution in [0.25, 0.3) is 5.65 Å². The third kappa shape index (κ3) is 2.58. The van der Waals surface area contributed by atoms with Crippen LogP contribution in [-0.2, 0) is 11.3 Å². The van der Waals surface area contributed by atoms with Crippen molar-refractivity contribution in [2.75, 3.05) is 13.2 Å². The number of hydrogen-bond acceptors (Lipinski definition) is 5. The molecule has 0 spiro atoms. The van der Waals surface area contributed by atoms with Gasteiger partial charge in [-0.25, -0.2) is 9.97 Å². The number of halogens is 1. The molecule has 3 heterocycles. The van der Waals surface area contributed by atoms with E-state index in [-0.39, 0.29) is 6.10 Å². The molecule has 0 bridgehead atoms. The predicted molar refractivity (Wildman–Crippen MR) is 77.4 cm³/mol. The summed E-state index contributed by atoms with van der Waals surface area (Å²) in [5, 5.41) is 13.7. The standard InChI is InChI=1S/C13H17BrN4O2/c1-9-13(19,2-3-20-9)8-15-4-10-5-17-12-6-16-11(14)7-18(10)12/h5-7,9,15,19H,2-4,8H2,1H3. The van der Waals surface area contributed by atoms with Crippen LogP contribution in [-0.4, -0.2) is 44.3 Å². The molecule has 2 atom stereocenters. The number of aliphatic hydroxyl groups is 1. The molecule has 7 heteroatoms. The zero-order chi connectivity index (χ0) is 14.2. The summed E-state index contributed by atoms with van der Waals surface area (Å²) in [5.74, 6) is 0. The topological polar surface area (TPSA) is 71.7 Å². The fraction of sp³-hybridized carbons (Fsp3) is 0.538. The second-order valence-electron chi connectivity index (χ2n) is 5.16. The van der Waals surface area contributed by atoms with Crippen LogP contribution >= 0.6 is 15.9 Å². The molecule has 3 rings (SSSR count). The van der Waals surface area contributed by atoms with Gasteiger partial charge in [-0.15, -0.1) is 0 Å². The van der Waals surface area contributed by atoms with E-state index < -0.39 is 5.60 Å². The quantitative estimate of drug-likeness (QED) is 0.872.